The summed E-state index contributed by atoms with van der Waals surface area (Å²) in [4.78, 5) is 0. The minimum Gasteiger partial charge on any atom is -0.493 e. The number of hydrogen-bond donors (Lipinski definition) is 0. The zero-order valence-electron chi connectivity index (χ0n) is 14.0. The lowest BCUT2D eigenvalue weighted by molar-refractivity contribution is -0.0573. The molecule has 0 spiro atoms. The molecule has 0 aromatic heterocycles. The van der Waals surface area contributed by atoms with E-state index in [1.54, 1.807) is 26.4 Å². The van der Waals surface area contributed by atoms with Crippen molar-refractivity contribution in [2.24, 2.45) is 0 Å². The van der Waals surface area contributed by atoms with E-state index < -0.39 is 0 Å². The van der Waals surface area contributed by atoms with Crippen LogP contribution >= 0.6 is 15.9 Å². The van der Waals surface area contributed by atoms with Crippen LogP contribution in [0.5, 0.6) is 23.0 Å². The molecule has 0 radical (unpaired) electrons. The van der Waals surface area contributed by atoms with E-state index in [-0.39, 0.29) is 6.79 Å². The third kappa shape index (κ3) is 5.12. The van der Waals surface area contributed by atoms with Crippen LogP contribution in [0.3, 0.4) is 0 Å². The summed E-state index contributed by atoms with van der Waals surface area (Å²) in [6, 6.07) is 11.1. The van der Waals surface area contributed by atoms with Crippen molar-refractivity contribution < 1.29 is 23.7 Å². The fourth-order valence-corrected chi connectivity index (χ4v) is 2.40. The summed E-state index contributed by atoms with van der Waals surface area (Å²) in [6.45, 7) is 3.26. The third-order valence-corrected chi connectivity index (χ3v) is 4.01. The number of benzene rings is 2. The third-order valence-electron chi connectivity index (χ3n) is 3.24. The smallest absolute Gasteiger partial charge is 0.164 e. The van der Waals surface area contributed by atoms with Crippen LogP contribution in [0, 0.1) is 0 Å². The van der Waals surface area contributed by atoms with Crippen LogP contribution in [0.4, 0.5) is 0 Å². The first-order chi connectivity index (χ1) is 11.7. The van der Waals surface area contributed by atoms with Crippen molar-refractivity contribution in [3.63, 3.8) is 0 Å². The molecule has 0 unspecified atom stereocenters. The van der Waals surface area contributed by atoms with Crippen molar-refractivity contribution in [3.05, 3.63) is 46.4 Å². The molecule has 2 aromatic carbocycles. The van der Waals surface area contributed by atoms with Gasteiger partial charge in [-0.2, -0.15) is 0 Å². The van der Waals surface area contributed by atoms with E-state index in [9.17, 15) is 0 Å². The molecule has 0 fully saturated rings. The molecule has 24 heavy (non-hydrogen) atoms. The molecule has 0 amide bonds. The standard InChI is InChI=1S/C18H21BrO5/c1-4-22-12-23-11-13-9-14(5-7-16(13)19)24-15-6-8-17(20-2)18(10-15)21-3/h5-10H,4,11-12H2,1-3H3. The Hall–Kier alpha value is -1.76. The fraction of sp³-hybridized carbons (Fsp3) is 0.333. The minimum atomic E-state index is 0.268. The summed E-state index contributed by atoms with van der Waals surface area (Å²) in [5.74, 6) is 2.65. The summed E-state index contributed by atoms with van der Waals surface area (Å²) < 4.78 is 28.0. The second-order valence-corrected chi connectivity index (χ2v) is 5.69. The van der Waals surface area contributed by atoms with E-state index in [0.29, 0.717) is 36.2 Å². The highest BCUT2D eigenvalue weighted by atomic mass is 79.9. The van der Waals surface area contributed by atoms with Crippen LogP contribution in [-0.2, 0) is 16.1 Å². The lowest BCUT2D eigenvalue weighted by Crippen LogP contribution is -2.00. The van der Waals surface area contributed by atoms with Crippen molar-refractivity contribution in [1.29, 1.82) is 0 Å². The molecule has 0 N–H and O–H groups in total. The lowest BCUT2D eigenvalue weighted by Gasteiger charge is -2.12. The van der Waals surface area contributed by atoms with Gasteiger partial charge in [0.1, 0.15) is 18.3 Å². The molecule has 0 aliphatic carbocycles. The number of halogens is 1. The first kappa shape index (κ1) is 18.6. The number of ether oxygens (including phenoxy) is 5. The first-order valence-corrected chi connectivity index (χ1v) is 8.31. The van der Waals surface area contributed by atoms with Crippen LogP contribution in [0.2, 0.25) is 0 Å². The van der Waals surface area contributed by atoms with Crippen molar-refractivity contribution >= 4 is 15.9 Å². The second kappa shape index (κ2) is 9.52. The monoisotopic (exact) mass is 396 g/mol. The molecule has 0 saturated heterocycles. The Morgan fingerprint density at radius 1 is 0.875 bits per heavy atom. The van der Waals surface area contributed by atoms with Gasteiger partial charge in [-0.05, 0) is 42.8 Å². The largest absolute Gasteiger partial charge is 0.493 e. The van der Waals surface area contributed by atoms with E-state index in [1.165, 1.54) is 0 Å². The normalized spacial score (nSPS) is 10.5. The molecule has 0 heterocycles. The summed E-state index contributed by atoms with van der Waals surface area (Å²) in [7, 11) is 3.19. The quantitative estimate of drug-likeness (QED) is 0.451. The molecule has 5 nitrogen and oxygen atoms in total. The van der Waals surface area contributed by atoms with Gasteiger partial charge in [0, 0.05) is 17.1 Å². The van der Waals surface area contributed by atoms with Gasteiger partial charge in [-0.1, -0.05) is 15.9 Å². The highest BCUT2D eigenvalue weighted by Gasteiger charge is 2.08. The van der Waals surface area contributed by atoms with Crippen LogP contribution in [0.25, 0.3) is 0 Å². The number of hydrogen-bond acceptors (Lipinski definition) is 5. The van der Waals surface area contributed by atoms with Gasteiger partial charge < -0.3 is 23.7 Å². The Morgan fingerprint density at radius 3 is 2.29 bits per heavy atom. The van der Waals surface area contributed by atoms with Gasteiger partial charge >= 0.3 is 0 Å². The maximum absolute atomic E-state index is 5.90. The lowest BCUT2D eigenvalue weighted by atomic mass is 10.2. The maximum atomic E-state index is 5.90. The van der Waals surface area contributed by atoms with Gasteiger partial charge in [0.25, 0.3) is 0 Å². The molecule has 0 atom stereocenters. The summed E-state index contributed by atoms with van der Waals surface area (Å²) in [5.41, 5.74) is 0.979. The van der Waals surface area contributed by atoms with E-state index in [4.69, 9.17) is 23.7 Å². The fourth-order valence-electron chi connectivity index (χ4n) is 2.04. The van der Waals surface area contributed by atoms with Crippen molar-refractivity contribution in [2.75, 3.05) is 27.6 Å². The summed E-state index contributed by atoms with van der Waals surface area (Å²) >= 11 is 3.51. The van der Waals surface area contributed by atoms with Gasteiger partial charge in [0.05, 0.1) is 20.8 Å². The van der Waals surface area contributed by atoms with Gasteiger partial charge in [-0.3, -0.25) is 0 Å². The first-order valence-electron chi connectivity index (χ1n) is 7.51. The Morgan fingerprint density at radius 2 is 1.58 bits per heavy atom. The molecule has 0 bridgehead atoms. The predicted octanol–water partition coefficient (Wildman–Crippen LogP) is 4.77. The Kier molecular flexibility index (Phi) is 7.36. The molecular formula is C18H21BrO5. The molecule has 2 aromatic rings. The minimum absolute atomic E-state index is 0.268. The average molecular weight is 397 g/mol. The molecule has 130 valence electrons. The molecule has 6 heteroatoms. The zero-order valence-corrected chi connectivity index (χ0v) is 15.6. The van der Waals surface area contributed by atoms with Crippen molar-refractivity contribution in [3.8, 4) is 23.0 Å². The van der Waals surface area contributed by atoms with Crippen LogP contribution in [0.1, 0.15) is 12.5 Å². The van der Waals surface area contributed by atoms with E-state index in [2.05, 4.69) is 15.9 Å². The number of rotatable bonds is 9. The SMILES string of the molecule is CCOCOCc1cc(Oc2ccc(OC)c(OC)c2)ccc1Br. The summed E-state index contributed by atoms with van der Waals surface area (Å²) in [6.07, 6.45) is 0. The Labute approximate surface area is 150 Å². The highest BCUT2D eigenvalue weighted by molar-refractivity contribution is 9.10. The van der Waals surface area contributed by atoms with Crippen LogP contribution < -0.4 is 14.2 Å². The van der Waals surface area contributed by atoms with Crippen LogP contribution in [-0.4, -0.2) is 27.6 Å². The molecule has 0 aliphatic heterocycles. The van der Waals surface area contributed by atoms with Crippen LogP contribution in [0.15, 0.2) is 40.9 Å². The molecular weight excluding hydrogens is 376 g/mol. The summed E-state index contributed by atoms with van der Waals surface area (Å²) in [5, 5.41) is 0. The maximum Gasteiger partial charge on any atom is 0.164 e. The zero-order chi connectivity index (χ0) is 17.4. The van der Waals surface area contributed by atoms with Gasteiger partial charge in [0.15, 0.2) is 11.5 Å². The Balaban J connectivity index is 2.09. The second-order valence-electron chi connectivity index (χ2n) is 4.83. The molecule has 2 rings (SSSR count). The van der Waals surface area contributed by atoms with Gasteiger partial charge in [-0.15, -0.1) is 0 Å². The van der Waals surface area contributed by atoms with Crippen molar-refractivity contribution in [2.45, 2.75) is 13.5 Å². The van der Waals surface area contributed by atoms with Gasteiger partial charge in [0.2, 0.25) is 0 Å². The van der Waals surface area contributed by atoms with E-state index >= 15 is 0 Å². The topological polar surface area (TPSA) is 46.2 Å². The van der Waals surface area contributed by atoms with Crippen molar-refractivity contribution in [1.82, 2.24) is 0 Å². The molecule has 0 aliphatic rings. The molecule has 0 saturated carbocycles. The predicted molar refractivity (Wildman–Crippen MR) is 95.0 cm³/mol. The van der Waals surface area contributed by atoms with E-state index in [1.807, 2.05) is 31.2 Å². The van der Waals surface area contributed by atoms with Gasteiger partial charge in [-0.25, -0.2) is 0 Å². The van der Waals surface area contributed by atoms with E-state index in [0.717, 1.165) is 10.0 Å². The Bertz CT molecular complexity index is 660. The average Bonchev–Trinajstić information content (AvgIpc) is 2.61. The number of methoxy groups -OCH3 is 2. The highest BCUT2D eigenvalue weighted by Crippen LogP contribution is 2.34.